The molecule has 0 fully saturated rings. The summed E-state index contributed by atoms with van der Waals surface area (Å²) in [5.74, 6) is -0.287. The molecule has 4 nitrogen and oxygen atoms in total. The molecule has 0 aliphatic rings. The van der Waals surface area contributed by atoms with Gasteiger partial charge in [-0.3, -0.25) is 9.59 Å². The van der Waals surface area contributed by atoms with Gasteiger partial charge in [0.1, 0.15) is 6.04 Å². The van der Waals surface area contributed by atoms with Crippen LogP contribution in [0, 0.1) is 0 Å². The minimum absolute atomic E-state index is 0.110. The molecular formula is C26H27ClN2O2. The second kappa shape index (κ2) is 11.3. The average Bonchev–Trinajstić information content (AvgIpc) is 2.80. The van der Waals surface area contributed by atoms with Gasteiger partial charge in [-0.05, 0) is 35.2 Å². The predicted molar refractivity (Wildman–Crippen MR) is 125 cm³/mol. The van der Waals surface area contributed by atoms with Crippen molar-refractivity contribution in [2.45, 2.75) is 32.4 Å². The highest BCUT2D eigenvalue weighted by Crippen LogP contribution is 2.25. The summed E-state index contributed by atoms with van der Waals surface area (Å²) in [6.45, 7) is 2.87. The van der Waals surface area contributed by atoms with Gasteiger partial charge in [-0.15, -0.1) is 0 Å². The van der Waals surface area contributed by atoms with Crippen molar-refractivity contribution in [2.24, 2.45) is 0 Å². The topological polar surface area (TPSA) is 49.4 Å². The summed E-state index contributed by atoms with van der Waals surface area (Å²) < 4.78 is 0. The number of carbonyl (C=O) groups excluding carboxylic acids is 2. The SMILES string of the molecule is CCCNC(=O)C(c1ccccc1)N(Cc1ccc(Cl)cc1)C(=O)Cc1ccccc1. The molecule has 0 aromatic heterocycles. The number of nitrogens with zero attached hydrogens (tertiary/aromatic N) is 1. The summed E-state index contributed by atoms with van der Waals surface area (Å²) in [6, 6.07) is 25.7. The van der Waals surface area contributed by atoms with E-state index in [1.54, 1.807) is 17.0 Å². The van der Waals surface area contributed by atoms with Crippen LogP contribution in [0.2, 0.25) is 5.02 Å². The highest BCUT2D eigenvalue weighted by Gasteiger charge is 2.31. The molecule has 5 heteroatoms. The molecule has 0 radical (unpaired) electrons. The minimum atomic E-state index is -0.723. The molecule has 160 valence electrons. The highest BCUT2D eigenvalue weighted by atomic mass is 35.5. The Labute approximate surface area is 188 Å². The largest absolute Gasteiger partial charge is 0.354 e. The Kier molecular flexibility index (Phi) is 8.25. The molecule has 3 aromatic rings. The van der Waals surface area contributed by atoms with Crippen molar-refractivity contribution in [3.63, 3.8) is 0 Å². The minimum Gasteiger partial charge on any atom is -0.354 e. The number of amides is 2. The maximum Gasteiger partial charge on any atom is 0.247 e. The standard InChI is InChI=1S/C26H27ClN2O2/c1-2-17-28-26(31)25(22-11-7-4-8-12-22)29(19-21-13-15-23(27)16-14-21)24(30)18-20-9-5-3-6-10-20/h3-16,25H,2,17-19H2,1H3,(H,28,31). The predicted octanol–water partition coefficient (Wildman–Crippen LogP) is 5.18. The molecule has 31 heavy (non-hydrogen) atoms. The second-order valence-electron chi connectivity index (χ2n) is 7.41. The first kappa shape index (κ1) is 22.6. The summed E-state index contributed by atoms with van der Waals surface area (Å²) >= 11 is 6.04. The van der Waals surface area contributed by atoms with E-state index in [4.69, 9.17) is 11.6 Å². The van der Waals surface area contributed by atoms with Gasteiger partial charge in [0.05, 0.1) is 6.42 Å². The number of benzene rings is 3. The van der Waals surface area contributed by atoms with Gasteiger partial charge in [-0.1, -0.05) is 91.3 Å². The quantitative estimate of drug-likeness (QED) is 0.504. The molecule has 0 saturated heterocycles. The Morgan fingerprint density at radius 1 is 0.871 bits per heavy atom. The third-order valence-electron chi connectivity index (χ3n) is 5.01. The van der Waals surface area contributed by atoms with Crippen LogP contribution in [0.4, 0.5) is 0 Å². The van der Waals surface area contributed by atoms with Crippen LogP contribution in [0.1, 0.15) is 36.1 Å². The molecule has 0 saturated carbocycles. The first-order valence-electron chi connectivity index (χ1n) is 10.5. The molecule has 1 unspecified atom stereocenters. The molecule has 0 bridgehead atoms. The fourth-order valence-electron chi connectivity index (χ4n) is 3.44. The van der Waals surface area contributed by atoms with Crippen LogP contribution in [0.25, 0.3) is 0 Å². The van der Waals surface area contributed by atoms with Crippen LogP contribution in [0.3, 0.4) is 0 Å². The van der Waals surface area contributed by atoms with E-state index in [0.29, 0.717) is 18.1 Å². The van der Waals surface area contributed by atoms with Crippen LogP contribution in [-0.2, 0) is 22.6 Å². The van der Waals surface area contributed by atoms with Crippen molar-refractivity contribution in [3.8, 4) is 0 Å². The van der Waals surface area contributed by atoms with Gasteiger partial charge in [-0.2, -0.15) is 0 Å². The van der Waals surface area contributed by atoms with Crippen molar-refractivity contribution >= 4 is 23.4 Å². The molecule has 3 aromatic carbocycles. The third kappa shape index (κ3) is 6.43. The Morgan fingerprint density at radius 3 is 2.10 bits per heavy atom. The Balaban J connectivity index is 1.97. The van der Waals surface area contributed by atoms with E-state index in [1.165, 1.54) is 0 Å². The van der Waals surface area contributed by atoms with Gasteiger partial charge in [0.2, 0.25) is 11.8 Å². The molecule has 1 atom stereocenters. The van der Waals surface area contributed by atoms with E-state index >= 15 is 0 Å². The number of rotatable bonds is 9. The molecule has 0 aliphatic carbocycles. The van der Waals surface area contributed by atoms with Gasteiger partial charge < -0.3 is 10.2 Å². The highest BCUT2D eigenvalue weighted by molar-refractivity contribution is 6.30. The number of hydrogen-bond donors (Lipinski definition) is 1. The first-order chi connectivity index (χ1) is 15.1. The second-order valence-corrected chi connectivity index (χ2v) is 7.85. The van der Waals surface area contributed by atoms with Crippen molar-refractivity contribution in [1.82, 2.24) is 10.2 Å². The van der Waals surface area contributed by atoms with Gasteiger partial charge in [0, 0.05) is 18.1 Å². The lowest BCUT2D eigenvalue weighted by atomic mass is 10.0. The molecule has 0 heterocycles. The van der Waals surface area contributed by atoms with E-state index in [1.807, 2.05) is 79.7 Å². The lowest BCUT2D eigenvalue weighted by molar-refractivity contribution is -0.141. The van der Waals surface area contributed by atoms with Gasteiger partial charge in [0.25, 0.3) is 0 Å². The van der Waals surface area contributed by atoms with Gasteiger partial charge in [0.15, 0.2) is 0 Å². The van der Waals surface area contributed by atoms with Crippen LogP contribution < -0.4 is 5.32 Å². The van der Waals surface area contributed by atoms with Crippen LogP contribution in [0.5, 0.6) is 0 Å². The maximum absolute atomic E-state index is 13.5. The van der Waals surface area contributed by atoms with Gasteiger partial charge in [-0.25, -0.2) is 0 Å². The lowest BCUT2D eigenvalue weighted by Gasteiger charge is -2.32. The molecule has 2 amide bonds. The summed E-state index contributed by atoms with van der Waals surface area (Å²) in [6.07, 6.45) is 1.04. The smallest absolute Gasteiger partial charge is 0.247 e. The maximum atomic E-state index is 13.5. The fourth-order valence-corrected chi connectivity index (χ4v) is 3.56. The molecule has 1 N–H and O–H groups in total. The lowest BCUT2D eigenvalue weighted by Crippen LogP contribution is -2.44. The van der Waals surface area contributed by atoms with E-state index in [2.05, 4.69) is 5.32 Å². The number of nitrogens with one attached hydrogen (secondary N) is 1. The van der Waals surface area contributed by atoms with E-state index in [9.17, 15) is 9.59 Å². The monoisotopic (exact) mass is 434 g/mol. The fraction of sp³-hybridized carbons (Fsp3) is 0.231. The molecule has 3 rings (SSSR count). The zero-order valence-electron chi connectivity index (χ0n) is 17.6. The Bertz CT molecular complexity index is 975. The zero-order valence-corrected chi connectivity index (χ0v) is 18.4. The van der Waals surface area contributed by atoms with Crippen molar-refractivity contribution in [3.05, 3.63) is 107 Å². The van der Waals surface area contributed by atoms with Crippen molar-refractivity contribution in [1.29, 1.82) is 0 Å². The molecule has 0 aliphatic heterocycles. The normalized spacial score (nSPS) is 11.5. The van der Waals surface area contributed by atoms with Crippen LogP contribution in [0.15, 0.2) is 84.9 Å². The molecule has 0 spiro atoms. The average molecular weight is 435 g/mol. The summed E-state index contributed by atoms with van der Waals surface area (Å²) in [7, 11) is 0. The third-order valence-corrected chi connectivity index (χ3v) is 5.26. The number of carbonyl (C=O) groups is 2. The van der Waals surface area contributed by atoms with Gasteiger partial charge >= 0.3 is 0 Å². The molecular weight excluding hydrogens is 408 g/mol. The van der Waals surface area contributed by atoms with Crippen LogP contribution >= 0.6 is 11.6 Å². The number of halogens is 1. The van der Waals surface area contributed by atoms with Crippen LogP contribution in [-0.4, -0.2) is 23.3 Å². The van der Waals surface area contributed by atoms with Crippen molar-refractivity contribution < 1.29 is 9.59 Å². The zero-order chi connectivity index (χ0) is 22.1. The van der Waals surface area contributed by atoms with E-state index in [-0.39, 0.29) is 18.2 Å². The summed E-state index contributed by atoms with van der Waals surface area (Å²) in [5, 5.41) is 3.60. The van der Waals surface area contributed by atoms with E-state index < -0.39 is 6.04 Å². The summed E-state index contributed by atoms with van der Waals surface area (Å²) in [4.78, 5) is 28.4. The van der Waals surface area contributed by atoms with Crippen molar-refractivity contribution in [2.75, 3.05) is 6.54 Å². The summed E-state index contributed by atoms with van der Waals surface area (Å²) in [5.41, 5.74) is 2.61. The van der Waals surface area contributed by atoms with E-state index in [0.717, 1.165) is 23.1 Å². The Hall–Kier alpha value is -3.11. The number of hydrogen-bond acceptors (Lipinski definition) is 2. The Morgan fingerprint density at radius 2 is 1.48 bits per heavy atom. The first-order valence-corrected chi connectivity index (χ1v) is 10.9.